The maximum Gasteiger partial charge on any atom is 0.128 e. The lowest BCUT2D eigenvalue weighted by atomic mass is 10.1. The molecule has 0 aliphatic rings. The molecule has 0 spiro atoms. The highest BCUT2D eigenvalue weighted by Crippen LogP contribution is 2.32. The van der Waals surface area contributed by atoms with E-state index in [0.29, 0.717) is 34.5 Å². The Morgan fingerprint density at radius 1 is 0.297 bits per heavy atom. The number of aromatic hydroxyl groups is 2. The third kappa shape index (κ3) is 5.11. The quantitative estimate of drug-likeness (QED) is 0.246. The van der Waals surface area contributed by atoms with E-state index in [1.165, 1.54) is 0 Å². The molecule has 180 valence electrons. The van der Waals surface area contributed by atoms with Crippen LogP contribution in [0.15, 0.2) is 121 Å². The molecule has 6 aromatic carbocycles. The number of hydrogen-bond donors (Lipinski definition) is 2. The molecule has 0 fully saturated rings. The van der Waals surface area contributed by atoms with Gasteiger partial charge in [0.05, 0.1) is 0 Å². The van der Waals surface area contributed by atoms with Crippen molar-refractivity contribution in [2.24, 2.45) is 0 Å². The largest absolute Gasteiger partial charge is 0.508 e. The molecule has 0 unspecified atom stereocenters. The number of rotatable bonds is 6. The first-order valence-electron chi connectivity index (χ1n) is 11.8. The van der Waals surface area contributed by atoms with Crippen molar-refractivity contribution in [1.82, 2.24) is 0 Å². The summed E-state index contributed by atoms with van der Waals surface area (Å²) in [5.74, 6) is 4.68. The Morgan fingerprint density at radius 3 is 0.946 bits per heavy atom. The molecular formula is C32H22O5. The van der Waals surface area contributed by atoms with E-state index in [1.54, 1.807) is 24.3 Å². The lowest BCUT2D eigenvalue weighted by Crippen LogP contribution is -1.88. The number of phenolic OH excluding ortho intramolecular Hbond substituents is 2. The fourth-order valence-corrected chi connectivity index (χ4v) is 4.11. The molecule has 5 nitrogen and oxygen atoms in total. The van der Waals surface area contributed by atoms with Crippen molar-refractivity contribution in [3.63, 3.8) is 0 Å². The number of hydrogen-bond acceptors (Lipinski definition) is 5. The predicted octanol–water partition coefficient (Wildman–Crippen LogP) is 8.78. The van der Waals surface area contributed by atoms with Crippen LogP contribution in [-0.2, 0) is 0 Å². The number of ether oxygens (including phenoxy) is 3. The van der Waals surface area contributed by atoms with Gasteiger partial charge in [0.1, 0.15) is 46.0 Å². The first kappa shape index (κ1) is 22.3. The van der Waals surface area contributed by atoms with Gasteiger partial charge in [-0.1, -0.05) is 24.3 Å². The summed E-state index contributed by atoms with van der Waals surface area (Å²) in [6, 6.07) is 36.8. The van der Waals surface area contributed by atoms with E-state index in [0.717, 1.165) is 21.5 Å². The van der Waals surface area contributed by atoms with E-state index in [2.05, 4.69) is 0 Å². The van der Waals surface area contributed by atoms with Gasteiger partial charge in [-0.15, -0.1) is 0 Å². The van der Waals surface area contributed by atoms with Crippen molar-refractivity contribution in [2.45, 2.75) is 0 Å². The van der Waals surface area contributed by atoms with Gasteiger partial charge >= 0.3 is 0 Å². The van der Waals surface area contributed by atoms with Crippen LogP contribution in [0.4, 0.5) is 0 Å². The summed E-state index contributed by atoms with van der Waals surface area (Å²) in [6.07, 6.45) is 0. The molecule has 0 aliphatic heterocycles. The second-order valence-corrected chi connectivity index (χ2v) is 8.64. The number of fused-ring (bicyclic) bond motifs is 2. The van der Waals surface area contributed by atoms with Crippen LogP contribution in [0.2, 0.25) is 0 Å². The normalized spacial score (nSPS) is 10.9. The summed E-state index contributed by atoms with van der Waals surface area (Å²) < 4.78 is 17.9. The van der Waals surface area contributed by atoms with Gasteiger partial charge in [-0.05, 0) is 119 Å². The molecule has 6 rings (SSSR count). The van der Waals surface area contributed by atoms with Crippen LogP contribution < -0.4 is 14.2 Å². The molecule has 0 heterocycles. The molecule has 0 atom stereocenters. The molecule has 0 aliphatic carbocycles. The first-order valence-corrected chi connectivity index (χ1v) is 11.8. The molecule has 0 bridgehead atoms. The fourth-order valence-electron chi connectivity index (χ4n) is 4.11. The SMILES string of the molecule is Oc1ccc2cc(Oc3ccc(Oc4ccc(Oc5ccc6cc(O)ccc6c5)cc4)cc3)ccc2c1. The molecule has 0 radical (unpaired) electrons. The van der Waals surface area contributed by atoms with Crippen LogP contribution in [0, 0.1) is 0 Å². The standard InChI is InChI=1S/C32H22O5/c33-25-5-1-23-19-31(7-3-21(23)17-25)36-29-13-9-27(10-14-29)35-28-11-15-30(16-12-28)37-32-8-4-22-18-26(34)6-2-24(22)20-32/h1-20,33-34H. The van der Waals surface area contributed by atoms with Gasteiger partial charge in [0, 0.05) is 0 Å². The van der Waals surface area contributed by atoms with Gasteiger partial charge in [0.2, 0.25) is 0 Å². The van der Waals surface area contributed by atoms with Crippen LogP contribution >= 0.6 is 0 Å². The molecule has 0 amide bonds. The first-order chi connectivity index (χ1) is 18.1. The fraction of sp³-hybridized carbons (Fsp3) is 0. The van der Waals surface area contributed by atoms with E-state index >= 15 is 0 Å². The Hall–Kier alpha value is -5.16. The van der Waals surface area contributed by atoms with Gasteiger partial charge in [-0.2, -0.15) is 0 Å². The van der Waals surface area contributed by atoms with Crippen molar-refractivity contribution >= 4 is 21.5 Å². The Kier molecular flexibility index (Phi) is 5.71. The van der Waals surface area contributed by atoms with E-state index in [-0.39, 0.29) is 11.5 Å². The second kappa shape index (κ2) is 9.47. The highest BCUT2D eigenvalue weighted by atomic mass is 16.5. The zero-order valence-corrected chi connectivity index (χ0v) is 19.7. The molecule has 37 heavy (non-hydrogen) atoms. The molecule has 5 heteroatoms. The van der Waals surface area contributed by atoms with Gasteiger partial charge in [-0.3, -0.25) is 0 Å². The zero-order chi connectivity index (χ0) is 25.2. The van der Waals surface area contributed by atoms with Crippen LogP contribution in [0.5, 0.6) is 46.0 Å². The van der Waals surface area contributed by atoms with E-state index in [9.17, 15) is 10.2 Å². The van der Waals surface area contributed by atoms with Gasteiger partial charge in [0.15, 0.2) is 0 Å². The van der Waals surface area contributed by atoms with Crippen molar-refractivity contribution in [2.75, 3.05) is 0 Å². The van der Waals surface area contributed by atoms with Crippen LogP contribution in [-0.4, -0.2) is 10.2 Å². The molecule has 0 saturated heterocycles. The maximum atomic E-state index is 9.62. The monoisotopic (exact) mass is 486 g/mol. The Balaban J connectivity index is 1.09. The number of phenols is 2. The Labute approximate surface area is 213 Å². The molecule has 0 aromatic heterocycles. The van der Waals surface area contributed by atoms with Gasteiger partial charge < -0.3 is 24.4 Å². The minimum Gasteiger partial charge on any atom is -0.508 e. The summed E-state index contributed by atoms with van der Waals surface area (Å²) in [7, 11) is 0. The summed E-state index contributed by atoms with van der Waals surface area (Å²) in [6.45, 7) is 0. The Morgan fingerprint density at radius 2 is 0.568 bits per heavy atom. The number of benzene rings is 6. The van der Waals surface area contributed by atoms with E-state index in [1.807, 2.05) is 97.1 Å². The summed E-state index contributed by atoms with van der Waals surface area (Å²) in [5, 5.41) is 23.1. The van der Waals surface area contributed by atoms with Crippen LogP contribution in [0.25, 0.3) is 21.5 Å². The van der Waals surface area contributed by atoms with Crippen molar-refractivity contribution in [3.05, 3.63) is 121 Å². The zero-order valence-electron chi connectivity index (χ0n) is 19.7. The third-order valence-electron chi connectivity index (χ3n) is 5.95. The van der Waals surface area contributed by atoms with Crippen molar-refractivity contribution in [3.8, 4) is 46.0 Å². The van der Waals surface area contributed by atoms with E-state index in [4.69, 9.17) is 14.2 Å². The molecule has 6 aromatic rings. The average molecular weight is 487 g/mol. The third-order valence-corrected chi connectivity index (χ3v) is 5.95. The predicted molar refractivity (Wildman–Crippen MR) is 144 cm³/mol. The molecule has 2 N–H and O–H groups in total. The molecule has 0 saturated carbocycles. The summed E-state index contributed by atoms with van der Waals surface area (Å²) in [5.41, 5.74) is 0. The summed E-state index contributed by atoms with van der Waals surface area (Å²) >= 11 is 0. The topological polar surface area (TPSA) is 68.2 Å². The second-order valence-electron chi connectivity index (χ2n) is 8.64. The van der Waals surface area contributed by atoms with Crippen LogP contribution in [0.3, 0.4) is 0 Å². The van der Waals surface area contributed by atoms with Crippen LogP contribution in [0.1, 0.15) is 0 Å². The highest BCUT2D eigenvalue weighted by Gasteiger charge is 2.05. The lowest BCUT2D eigenvalue weighted by molar-refractivity contribution is 0.464. The van der Waals surface area contributed by atoms with Gasteiger partial charge in [-0.25, -0.2) is 0 Å². The Bertz CT molecular complexity index is 1580. The average Bonchev–Trinajstić information content (AvgIpc) is 2.91. The maximum absolute atomic E-state index is 9.62. The van der Waals surface area contributed by atoms with Gasteiger partial charge in [0.25, 0.3) is 0 Å². The lowest BCUT2D eigenvalue weighted by Gasteiger charge is -2.10. The minimum absolute atomic E-state index is 0.242. The molecular weight excluding hydrogens is 464 g/mol. The minimum atomic E-state index is 0.242. The highest BCUT2D eigenvalue weighted by molar-refractivity contribution is 5.86. The smallest absolute Gasteiger partial charge is 0.128 e. The van der Waals surface area contributed by atoms with Crippen molar-refractivity contribution < 1.29 is 24.4 Å². The van der Waals surface area contributed by atoms with Crippen molar-refractivity contribution in [1.29, 1.82) is 0 Å². The van der Waals surface area contributed by atoms with E-state index < -0.39 is 0 Å². The summed E-state index contributed by atoms with van der Waals surface area (Å²) in [4.78, 5) is 0.